The Bertz CT molecular complexity index is 925. The Morgan fingerprint density at radius 1 is 1.03 bits per heavy atom. The number of benzene rings is 2. The van der Waals surface area contributed by atoms with Gasteiger partial charge in [-0.2, -0.15) is 0 Å². The van der Waals surface area contributed by atoms with Crippen LogP contribution in [0.1, 0.15) is 54.4 Å². The minimum absolute atomic E-state index is 0.0334. The molecule has 3 N–H and O–H groups in total. The molecular weight excluding hydrogens is 417 g/mol. The molecule has 0 bridgehead atoms. The van der Waals surface area contributed by atoms with E-state index in [0.29, 0.717) is 12.0 Å². The molecule has 2 unspecified atom stereocenters. The van der Waals surface area contributed by atoms with Gasteiger partial charge in [-0.25, -0.2) is 4.57 Å². The van der Waals surface area contributed by atoms with E-state index in [-0.39, 0.29) is 23.4 Å². The maximum absolute atomic E-state index is 13.0. The molecule has 1 aliphatic carbocycles. The van der Waals surface area contributed by atoms with Crippen molar-refractivity contribution in [2.75, 3.05) is 0 Å². The van der Waals surface area contributed by atoms with Crippen molar-refractivity contribution in [3.63, 3.8) is 0 Å². The predicted molar refractivity (Wildman–Crippen MR) is 117 cm³/mol. The number of phosphoric acid groups is 1. The van der Waals surface area contributed by atoms with E-state index in [1.165, 1.54) is 29.8 Å². The second-order valence-electron chi connectivity index (χ2n) is 7.89. The zero-order chi connectivity index (χ0) is 22.3. The third kappa shape index (κ3) is 7.31. The molecule has 0 radical (unpaired) electrons. The standard InChI is InChI=1S/C23H28NO6P/c25-22-18(11-6-9-17-7-2-1-3-8-17)10-4-5-12-21(22)24-23(26)19-13-15-20(16-14-19)30-31(27,28)29/h1-3,7-8,13-16,18,21H,4-6,9-12H2,(H,24,26)(H2,27,28,29). The number of phosphoric ester groups is 1. The molecule has 2 aromatic carbocycles. The molecule has 166 valence electrons. The van der Waals surface area contributed by atoms with Gasteiger partial charge in [0.05, 0.1) is 6.04 Å². The number of nitrogens with one attached hydrogen (secondary N) is 1. The molecule has 31 heavy (non-hydrogen) atoms. The summed E-state index contributed by atoms with van der Waals surface area (Å²) < 4.78 is 15.4. The van der Waals surface area contributed by atoms with Crippen LogP contribution in [0.3, 0.4) is 0 Å². The lowest BCUT2D eigenvalue weighted by Gasteiger charge is -2.20. The Labute approximate surface area is 182 Å². The molecule has 8 heteroatoms. The zero-order valence-corrected chi connectivity index (χ0v) is 18.2. The van der Waals surface area contributed by atoms with E-state index >= 15 is 0 Å². The van der Waals surface area contributed by atoms with Gasteiger partial charge < -0.3 is 9.84 Å². The number of amides is 1. The topological polar surface area (TPSA) is 113 Å². The number of hydrogen-bond acceptors (Lipinski definition) is 4. The Morgan fingerprint density at radius 3 is 2.39 bits per heavy atom. The van der Waals surface area contributed by atoms with Crippen molar-refractivity contribution in [1.29, 1.82) is 0 Å². The molecule has 2 aromatic rings. The molecule has 0 heterocycles. The van der Waals surface area contributed by atoms with Gasteiger partial charge in [-0.1, -0.05) is 43.2 Å². The van der Waals surface area contributed by atoms with E-state index < -0.39 is 13.9 Å². The van der Waals surface area contributed by atoms with E-state index in [1.807, 2.05) is 18.2 Å². The Hall–Kier alpha value is -2.47. The lowest BCUT2D eigenvalue weighted by Crippen LogP contribution is -2.42. The molecule has 0 aliphatic heterocycles. The van der Waals surface area contributed by atoms with E-state index in [0.717, 1.165) is 38.5 Å². The van der Waals surface area contributed by atoms with Gasteiger partial charge in [-0.15, -0.1) is 0 Å². The molecule has 1 fully saturated rings. The number of carbonyl (C=O) groups is 2. The number of Topliss-reactive ketones (excluding diaryl/α,β-unsaturated/α-hetero) is 1. The molecule has 0 saturated heterocycles. The first kappa shape index (κ1) is 23.2. The largest absolute Gasteiger partial charge is 0.524 e. The number of ketones is 1. The van der Waals surface area contributed by atoms with Crippen molar-refractivity contribution < 1.29 is 28.5 Å². The highest BCUT2D eigenvalue weighted by Gasteiger charge is 2.30. The fraction of sp³-hybridized carbons (Fsp3) is 0.391. The van der Waals surface area contributed by atoms with Crippen molar-refractivity contribution in [2.45, 2.75) is 51.0 Å². The Kier molecular flexibility index (Phi) is 8.02. The third-order valence-electron chi connectivity index (χ3n) is 5.55. The maximum Gasteiger partial charge on any atom is 0.524 e. The van der Waals surface area contributed by atoms with Crippen LogP contribution >= 0.6 is 7.82 Å². The predicted octanol–water partition coefficient (Wildman–Crippen LogP) is 4.04. The van der Waals surface area contributed by atoms with Gasteiger partial charge in [0.1, 0.15) is 5.75 Å². The Morgan fingerprint density at radius 2 is 1.71 bits per heavy atom. The van der Waals surface area contributed by atoms with Crippen LogP contribution in [0.4, 0.5) is 0 Å². The first-order valence-corrected chi connectivity index (χ1v) is 12.1. The van der Waals surface area contributed by atoms with Crippen molar-refractivity contribution in [2.24, 2.45) is 5.92 Å². The average molecular weight is 445 g/mol. The van der Waals surface area contributed by atoms with Crippen molar-refractivity contribution in [3.8, 4) is 5.75 Å². The van der Waals surface area contributed by atoms with Crippen LogP contribution in [-0.4, -0.2) is 27.5 Å². The number of aryl methyl sites for hydroxylation is 1. The second-order valence-corrected chi connectivity index (χ2v) is 9.06. The molecule has 0 aromatic heterocycles. The van der Waals surface area contributed by atoms with Gasteiger partial charge in [0.2, 0.25) is 0 Å². The van der Waals surface area contributed by atoms with Crippen LogP contribution in [-0.2, 0) is 15.8 Å². The lowest BCUT2D eigenvalue weighted by atomic mass is 9.90. The van der Waals surface area contributed by atoms with Gasteiger partial charge in [-0.3, -0.25) is 19.4 Å². The maximum atomic E-state index is 13.0. The zero-order valence-electron chi connectivity index (χ0n) is 17.3. The molecule has 1 amide bonds. The van der Waals surface area contributed by atoms with Crippen molar-refractivity contribution in [3.05, 3.63) is 65.7 Å². The molecule has 7 nitrogen and oxygen atoms in total. The highest BCUT2D eigenvalue weighted by Crippen LogP contribution is 2.37. The summed E-state index contributed by atoms with van der Waals surface area (Å²) in [5.41, 5.74) is 1.57. The average Bonchev–Trinajstić information content (AvgIpc) is 2.90. The fourth-order valence-corrected chi connectivity index (χ4v) is 4.38. The smallest absolute Gasteiger partial charge is 0.404 e. The van der Waals surface area contributed by atoms with Crippen LogP contribution in [0.5, 0.6) is 5.75 Å². The highest BCUT2D eigenvalue weighted by molar-refractivity contribution is 7.46. The molecule has 1 aliphatic rings. The van der Waals surface area contributed by atoms with Crippen molar-refractivity contribution in [1.82, 2.24) is 5.32 Å². The normalized spacial score (nSPS) is 19.5. The van der Waals surface area contributed by atoms with Gasteiger partial charge in [-0.05, 0) is 61.9 Å². The lowest BCUT2D eigenvalue weighted by molar-refractivity contribution is -0.124. The first-order chi connectivity index (χ1) is 14.8. The van der Waals surface area contributed by atoms with E-state index in [4.69, 9.17) is 9.79 Å². The summed E-state index contributed by atoms with van der Waals surface area (Å²) in [6.45, 7) is 0. The van der Waals surface area contributed by atoms with Gasteiger partial charge in [0.25, 0.3) is 5.91 Å². The summed E-state index contributed by atoms with van der Waals surface area (Å²) in [4.78, 5) is 43.3. The first-order valence-electron chi connectivity index (χ1n) is 10.6. The van der Waals surface area contributed by atoms with Crippen LogP contribution < -0.4 is 9.84 Å². The summed E-state index contributed by atoms with van der Waals surface area (Å²) in [6.07, 6.45) is 6.03. The van der Waals surface area contributed by atoms with Crippen LogP contribution in [0.2, 0.25) is 0 Å². The summed E-state index contributed by atoms with van der Waals surface area (Å²) >= 11 is 0. The quantitative estimate of drug-likeness (QED) is 0.418. The van der Waals surface area contributed by atoms with Gasteiger partial charge >= 0.3 is 7.82 Å². The minimum Gasteiger partial charge on any atom is -0.404 e. The SMILES string of the molecule is O=C(NC1CCCCC(CCCc2ccccc2)C1=O)c1ccc(OP(=O)(O)O)cc1. The molecule has 0 spiro atoms. The Balaban J connectivity index is 1.56. The molecule has 2 atom stereocenters. The molecule has 1 saturated carbocycles. The summed E-state index contributed by atoms with van der Waals surface area (Å²) in [6, 6.07) is 15.2. The fourth-order valence-electron chi connectivity index (χ4n) is 3.98. The monoisotopic (exact) mass is 445 g/mol. The van der Waals surface area contributed by atoms with Crippen LogP contribution in [0.15, 0.2) is 54.6 Å². The van der Waals surface area contributed by atoms with E-state index in [2.05, 4.69) is 22.0 Å². The van der Waals surface area contributed by atoms with Crippen LogP contribution in [0, 0.1) is 5.92 Å². The number of carbonyl (C=O) groups excluding carboxylic acids is 2. The van der Waals surface area contributed by atoms with Gasteiger partial charge in [0, 0.05) is 11.5 Å². The summed E-state index contributed by atoms with van der Waals surface area (Å²) in [5.74, 6) is -0.365. The van der Waals surface area contributed by atoms with E-state index in [9.17, 15) is 14.2 Å². The summed E-state index contributed by atoms with van der Waals surface area (Å²) in [5, 5.41) is 2.85. The van der Waals surface area contributed by atoms with E-state index in [1.54, 1.807) is 0 Å². The van der Waals surface area contributed by atoms with Gasteiger partial charge in [0.15, 0.2) is 5.78 Å². The molecule has 3 rings (SSSR count). The molecular formula is C23H28NO6P. The van der Waals surface area contributed by atoms with Crippen molar-refractivity contribution >= 4 is 19.5 Å². The second kappa shape index (κ2) is 10.7. The van der Waals surface area contributed by atoms with Crippen LogP contribution in [0.25, 0.3) is 0 Å². The highest BCUT2D eigenvalue weighted by atomic mass is 31.2. The third-order valence-corrected chi connectivity index (χ3v) is 6.00. The number of rotatable bonds is 8. The number of hydrogen-bond donors (Lipinski definition) is 3. The minimum atomic E-state index is -4.65. The summed E-state index contributed by atoms with van der Waals surface area (Å²) in [7, 11) is -4.65.